The number of nitrogens with one attached hydrogen (secondary N) is 2. The zero-order valence-corrected chi connectivity index (χ0v) is 10.4. The number of aromatic amines is 1. The molecule has 1 unspecified atom stereocenters. The van der Waals surface area contributed by atoms with E-state index in [0.717, 1.165) is 5.56 Å². The summed E-state index contributed by atoms with van der Waals surface area (Å²) in [6.45, 7) is 1.79. The molecular weight excluding hydrogens is 242 g/mol. The molecule has 0 saturated heterocycles. The van der Waals surface area contributed by atoms with E-state index in [1.54, 1.807) is 6.92 Å². The van der Waals surface area contributed by atoms with Crippen LogP contribution in [0.25, 0.3) is 11.4 Å². The van der Waals surface area contributed by atoms with Crippen LogP contribution in [0, 0.1) is 5.92 Å². The van der Waals surface area contributed by atoms with Crippen LogP contribution in [0.1, 0.15) is 12.5 Å². The van der Waals surface area contributed by atoms with Gasteiger partial charge in [-0.25, -0.2) is 4.98 Å². The second-order valence-electron chi connectivity index (χ2n) is 4.70. The van der Waals surface area contributed by atoms with Crippen molar-refractivity contribution in [2.45, 2.75) is 13.3 Å². The normalized spacial score (nSPS) is 17.7. The number of carbonyl (C=O) groups is 1. The van der Waals surface area contributed by atoms with Gasteiger partial charge in [0.1, 0.15) is 11.6 Å². The third kappa shape index (κ3) is 2.03. The van der Waals surface area contributed by atoms with Crippen molar-refractivity contribution in [3.63, 3.8) is 0 Å². The van der Waals surface area contributed by atoms with Crippen molar-refractivity contribution in [3.8, 4) is 11.4 Å². The summed E-state index contributed by atoms with van der Waals surface area (Å²) in [5, 5.41) is 2.69. The van der Waals surface area contributed by atoms with Gasteiger partial charge < -0.3 is 10.3 Å². The van der Waals surface area contributed by atoms with Crippen LogP contribution in [-0.4, -0.2) is 15.9 Å². The predicted molar refractivity (Wildman–Crippen MR) is 71.8 cm³/mol. The van der Waals surface area contributed by atoms with Crippen molar-refractivity contribution in [1.82, 2.24) is 9.97 Å². The Balaban J connectivity index is 2.13. The van der Waals surface area contributed by atoms with Crippen LogP contribution in [0.4, 0.5) is 5.82 Å². The van der Waals surface area contributed by atoms with Gasteiger partial charge in [0.05, 0.1) is 5.56 Å². The lowest BCUT2D eigenvalue weighted by Crippen LogP contribution is -2.33. The van der Waals surface area contributed by atoms with Gasteiger partial charge in [-0.15, -0.1) is 0 Å². The van der Waals surface area contributed by atoms with Crippen LogP contribution >= 0.6 is 0 Å². The Morgan fingerprint density at radius 3 is 2.68 bits per heavy atom. The molecule has 0 aliphatic carbocycles. The van der Waals surface area contributed by atoms with E-state index in [-0.39, 0.29) is 17.4 Å². The highest BCUT2D eigenvalue weighted by atomic mass is 16.2. The lowest BCUT2D eigenvalue weighted by molar-refractivity contribution is -0.119. The highest BCUT2D eigenvalue weighted by molar-refractivity contribution is 5.94. The number of hydrogen-bond donors (Lipinski definition) is 2. The van der Waals surface area contributed by atoms with Gasteiger partial charge in [-0.1, -0.05) is 37.3 Å². The molecule has 2 aromatic rings. The van der Waals surface area contributed by atoms with E-state index >= 15 is 0 Å². The Labute approximate surface area is 109 Å². The second-order valence-corrected chi connectivity index (χ2v) is 4.70. The molecule has 1 aliphatic heterocycles. The summed E-state index contributed by atoms with van der Waals surface area (Å²) in [6, 6.07) is 9.35. The maximum Gasteiger partial charge on any atom is 0.256 e. The van der Waals surface area contributed by atoms with E-state index in [0.29, 0.717) is 23.6 Å². The molecule has 3 rings (SSSR count). The number of hydrogen-bond acceptors (Lipinski definition) is 3. The third-order valence-electron chi connectivity index (χ3n) is 3.26. The maximum atomic E-state index is 12.1. The van der Waals surface area contributed by atoms with Crippen LogP contribution < -0.4 is 10.9 Å². The van der Waals surface area contributed by atoms with Crippen molar-refractivity contribution in [2.24, 2.45) is 5.92 Å². The number of anilines is 1. The maximum absolute atomic E-state index is 12.1. The van der Waals surface area contributed by atoms with E-state index < -0.39 is 0 Å². The lowest BCUT2D eigenvalue weighted by atomic mass is 9.98. The second kappa shape index (κ2) is 4.35. The Hall–Kier alpha value is -2.43. The number of nitrogens with zero attached hydrogens (tertiary/aromatic N) is 1. The molecular formula is C14H13N3O2. The summed E-state index contributed by atoms with van der Waals surface area (Å²) in [6.07, 6.45) is 0.429. The van der Waals surface area contributed by atoms with Crippen molar-refractivity contribution in [3.05, 3.63) is 46.2 Å². The lowest BCUT2D eigenvalue weighted by Gasteiger charge is -2.20. The van der Waals surface area contributed by atoms with Gasteiger partial charge in [-0.2, -0.15) is 0 Å². The molecule has 2 heterocycles. The molecule has 1 aromatic carbocycles. The van der Waals surface area contributed by atoms with Crippen molar-refractivity contribution in [1.29, 1.82) is 0 Å². The Bertz CT molecular complexity index is 692. The van der Waals surface area contributed by atoms with Crippen LogP contribution in [0.2, 0.25) is 0 Å². The van der Waals surface area contributed by atoms with E-state index in [2.05, 4.69) is 15.3 Å². The number of aromatic nitrogens is 2. The molecule has 1 atom stereocenters. The average molecular weight is 255 g/mol. The van der Waals surface area contributed by atoms with Gasteiger partial charge >= 0.3 is 0 Å². The standard InChI is InChI=1S/C14H13N3O2/c1-8-7-10-12(17-13(8)18)15-11(16-14(10)19)9-5-3-2-4-6-9/h2-6,8H,7H2,1H3,(H2,15,16,17,18,19). The van der Waals surface area contributed by atoms with Gasteiger partial charge in [0.15, 0.2) is 0 Å². The van der Waals surface area contributed by atoms with Crippen molar-refractivity contribution in [2.75, 3.05) is 5.32 Å². The number of carbonyl (C=O) groups excluding carboxylic acids is 1. The largest absolute Gasteiger partial charge is 0.310 e. The number of rotatable bonds is 1. The number of fused-ring (bicyclic) bond motifs is 1. The molecule has 0 radical (unpaired) electrons. The Kier molecular flexibility index (Phi) is 2.67. The molecule has 0 bridgehead atoms. The third-order valence-corrected chi connectivity index (χ3v) is 3.26. The molecule has 0 spiro atoms. The van der Waals surface area contributed by atoms with Gasteiger partial charge in [0.2, 0.25) is 5.91 Å². The minimum Gasteiger partial charge on any atom is -0.310 e. The van der Waals surface area contributed by atoms with Crippen molar-refractivity contribution < 1.29 is 4.79 Å². The summed E-state index contributed by atoms with van der Waals surface area (Å²) in [4.78, 5) is 30.8. The van der Waals surface area contributed by atoms with Gasteiger partial charge in [-0.3, -0.25) is 9.59 Å². The van der Waals surface area contributed by atoms with Crippen LogP contribution in [0.3, 0.4) is 0 Å². The average Bonchev–Trinajstić information content (AvgIpc) is 2.42. The monoisotopic (exact) mass is 255 g/mol. The summed E-state index contributed by atoms with van der Waals surface area (Å²) in [7, 11) is 0. The summed E-state index contributed by atoms with van der Waals surface area (Å²) in [5.74, 6) is 0.562. The fourth-order valence-corrected chi connectivity index (χ4v) is 2.16. The SMILES string of the molecule is CC1Cc2c(nc(-c3ccccc3)[nH]c2=O)NC1=O. The molecule has 1 aromatic heterocycles. The first-order valence-electron chi connectivity index (χ1n) is 6.14. The zero-order chi connectivity index (χ0) is 13.4. The highest BCUT2D eigenvalue weighted by Gasteiger charge is 2.26. The van der Waals surface area contributed by atoms with Crippen LogP contribution in [0.15, 0.2) is 35.1 Å². The van der Waals surface area contributed by atoms with E-state index in [4.69, 9.17) is 0 Å². The number of H-pyrrole nitrogens is 1. The molecule has 0 saturated carbocycles. The first-order valence-corrected chi connectivity index (χ1v) is 6.14. The molecule has 1 amide bonds. The molecule has 5 nitrogen and oxygen atoms in total. The van der Waals surface area contributed by atoms with Gasteiger partial charge in [0, 0.05) is 11.5 Å². The zero-order valence-electron chi connectivity index (χ0n) is 10.4. The molecule has 5 heteroatoms. The number of benzene rings is 1. The first kappa shape index (κ1) is 11.6. The van der Waals surface area contributed by atoms with Gasteiger partial charge in [-0.05, 0) is 6.42 Å². The van der Waals surface area contributed by atoms with Gasteiger partial charge in [0.25, 0.3) is 5.56 Å². The van der Waals surface area contributed by atoms with Crippen molar-refractivity contribution >= 4 is 11.7 Å². The van der Waals surface area contributed by atoms with E-state index in [9.17, 15) is 9.59 Å². The molecule has 1 aliphatic rings. The minimum absolute atomic E-state index is 0.0930. The fourth-order valence-electron chi connectivity index (χ4n) is 2.16. The fraction of sp³-hybridized carbons (Fsp3) is 0.214. The molecule has 96 valence electrons. The first-order chi connectivity index (χ1) is 9.15. The molecule has 2 N–H and O–H groups in total. The molecule has 19 heavy (non-hydrogen) atoms. The predicted octanol–water partition coefficient (Wildman–Crippen LogP) is 1.57. The van der Waals surface area contributed by atoms with Crippen LogP contribution in [0.5, 0.6) is 0 Å². The van der Waals surface area contributed by atoms with E-state index in [1.165, 1.54) is 0 Å². The summed E-state index contributed by atoms with van der Waals surface area (Å²) in [5.41, 5.74) is 1.18. The highest BCUT2D eigenvalue weighted by Crippen LogP contribution is 2.22. The number of amides is 1. The Morgan fingerprint density at radius 2 is 1.95 bits per heavy atom. The quantitative estimate of drug-likeness (QED) is 0.812. The van der Waals surface area contributed by atoms with Crippen LogP contribution in [-0.2, 0) is 11.2 Å². The van der Waals surface area contributed by atoms with E-state index in [1.807, 2.05) is 30.3 Å². The summed E-state index contributed by atoms with van der Waals surface area (Å²) >= 11 is 0. The Morgan fingerprint density at radius 1 is 1.21 bits per heavy atom. The smallest absolute Gasteiger partial charge is 0.256 e. The topological polar surface area (TPSA) is 74.8 Å². The molecule has 0 fully saturated rings. The minimum atomic E-state index is -0.196. The summed E-state index contributed by atoms with van der Waals surface area (Å²) < 4.78 is 0.